The maximum atomic E-state index is 5.77. The molecule has 1 aromatic carbocycles. The van der Waals surface area contributed by atoms with Crippen LogP contribution in [0.25, 0.3) is 10.9 Å². The fraction of sp³-hybridized carbons (Fsp3) is 0.400. The number of nitrogens with zero attached hydrogens (tertiary/aromatic N) is 1. The number of nitrogen functional groups attached to an aromatic ring is 1. The van der Waals surface area contributed by atoms with Crippen LogP contribution in [-0.4, -0.2) is 10.5 Å². The Balaban J connectivity index is 1.91. The summed E-state index contributed by atoms with van der Waals surface area (Å²) >= 11 is 0. The average molecular weight is 241 g/mol. The van der Waals surface area contributed by atoms with Gasteiger partial charge in [-0.1, -0.05) is 6.92 Å². The number of fused-ring (bicyclic) bond motifs is 1. The third kappa shape index (κ3) is 1.90. The molecule has 1 heterocycles. The zero-order chi connectivity index (χ0) is 12.6. The summed E-state index contributed by atoms with van der Waals surface area (Å²) in [6.07, 6.45) is 5.00. The van der Waals surface area contributed by atoms with Gasteiger partial charge in [0.05, 0.1) is 5.52 Å². The molecule has 1 aromatic heterocycles. The molecule has 3 rings (SSSR count). The highest BCUT2D eigenvalue weighted by molar-refractivity contribution is 5.83. The highest BCUT2D eigenvalue weighted by Gasteiger charge is 2.35. The van der Waals surface area contributed by atoms with E-state index in [1.807, 2.05) is 18.2 Å². The van der Waals surface area contributed by atoms with Crippen LogP contribution in [0.2, 0.25) is 0 Å². The number of hydrogen-bond acceptors (Lipinski definition) is 3. The van der Waals surface area contributed by atoms with Crippen molar-refractivity contribution in [1.82, 2.24) is 4.98 Å². The van der Waals surface area contributed by atoms with E-state index in [0.29, 0.717) is 0 Å². The Morgan fingerprint density at radius 2 is 2.11 bits per heavy atom. The van der Waals surface area contributed by atoms with Gasteiger partial charge in [-0.15, -0.1) is 0 Å². The van der Waals surface area contributed by atoms with Crippen molar-refractivity contribution >= 4 is 22.4 Å². The molecule has 0 unspecified atom stereocenters. The number of rotatable bonds is 3. The molecular formula is C15H19N3. The summed E-state index contributed by atoms with van der Waals surface area (Å²) in [5.74, 6) is 0.980. The maximum absolute atomic E-state index is 5.77. The van der Waals surface area contributed by atoms with Gasteiger partial charge in [-0.05, 0) is 56.0 Å². The van der Waals surface area contributed by atoms with Crippen molar-refractivity contribution in [2.75, 3.05) is 11.1 Å². The molecular weight excluding hydrogens is 222 g/mol. The minimum absolute atomic E-state index is 0.286. The molecule has 1 aliphatic rings. The van der Waals surface area contributed by atoms with Crippen molar-refractivity contribution in [1.29, 1.82) is 0 Å². The van der Waals surface area contributed by atoms with Crippen molar-refractivity contribution in [3.05, 3.63) is 30.3 Å². The van der Waals surface area contributed by atoms with Crippen molar-refractivity contribution < 1.29 is 0 Å². The molecule has 0 bridgehead atoms. The minimum Gasteiger partial charge on any atom is -0.399 e. The van der Waals surface area contributed by atoms with Crippen LogP contribution in [-0.2, 0) is 0 Å². The van der Waals surface area contributed by atoms with Gasteiger partial charge < -0.3 is 11.1 Å². The van der Waals surface area contributed by atoms with Gasteiger partial charge in [-0.3, -0.25) is 0 Å². The van der Waals surface area contributed by atoms with E-state index in [0.717, 1.165) is 28.8 Å². The minimum atomic E-state index is 0.286. The Morgan fingerprint density at radius 3 is 2.78 bits per heavy atom. The second-order valence-corrected chi connectivity index (χ2v) is 5.26. The van der Waals surface area contributed by atoms with Gasteiger partial charge in [0.25, 0.3) is 0 Å². The molecule has 0 aliphatic heterocycles. The molecule has 0 saturated heterocycles. The molecule has 18 heavy (non-hydrogen) atoms. The van der Waals surface area contributed by atoms with Gasteiger partial charge in [-0.25, -0.2) is 4.98 Å². The summed E-state index contributed by atoms with van der Waals surface area (Å²) in [4.78, 5) is 4.66. The summed E-state index contributed by atoms with van der Waals surface area (Å²) in [6.45, 7) is 2.24. The zero-order valence-corrected chi connectivity index (χ0v) is 10.7. The smallest absolute Gasteiger partial charge is 0.127 e. The van der Waals surface area contributed by atoms with Crippen LogP contribution in [0.3, 0.4) is 0 Å². The Hall–Kier alpha value is -1.77. The summed E-state index contributed by atoms with van der Waals surface area (Å²) in [5, 5.41) is 4.70. The Bertz CT molecular complexity index is 567. The fourth-order valence-corrected chi connectivity index (χ4v) is 2.66. The van der Waals surface area contributed by atoms with Crippen LogP contribution in [0.1, 0.15) is 32.6 Å². The monoisotopic (exact) mass is 241 g/mol. The largest absolute Gasteiger partial charge is 0.399 e. The lowest BCUT2D eigenvalue weighted by Gasteiger charge is -2.42. The number of benzene rings is 1. The van der Waals surface area contributed by atoms with Gasteiger partial charge in [-0.2, -0.15) is 0 Å². The van der Waals surface area contributed by atoms with E-state index in [-0.39, 0.29) is 5.54 Å². The zero-order valence-electron chi connectivity index (χ0n) is 10.7. The third-order valence-electron chi connectivity index (χ3n) is 4.09. The number of anilines is 2. The molecule has 0 amide bonds. The number of nitrogens with two attached hydrogens (primary N) is 1. The van der Waals surface area contributed by atoms with Crippen LogP contribution < -0.4 is 11.1 Å². The van der Waals surface area contributed by atoms with Crippen LogP contribution in [0.4, 0.5) is 11.5 Å². The van der Waals surface area contributed by atoms with Gasteiger partial charge in [0.15, 0.2) is 0 Å². The van der Waals surface area contributed by atoms with E-state index in [1.54, 1.807) is 0 Å². The van der Waals surface area contributed by atoms with Gasteiger partial charge >= 0.3 is 0 Å². The first-order chi connectivity index (χ1) is 8.71. The lowest BCUT2D eigenvalue weighted by molar-refractivity contribution is 0.269. The van der Waals surface area contributed by atoms with Gasteiger partial charge in [0.2, 0.25) is 0 Å². The second-order valence-electron chi connectivity index (χ2n) is 5.26. The first-order valence-corrected chi connectivity index (χ1v) is 6.65. The summed E-state index contributed by atoms with van der Waals surface area (Å²) < 4.78 is 0. The molecule has 0 radical (unpaired) electrons. The number of aromatic nitrogens is 1. The fourth-order valence-electron chi connectivity index (χ4n) is 2.66. The lowest BCUT2D eigenvalue weighted by atomic mass is 9.75. The van der Waals surface area contributed by atoms with Crippen LogP contribution in [0.15, 0.2) is 30.3 Å². The lowest BCUT2D eigenvalue weighted by Crippen LogP contribution is -2.44. The first-order valence-electron chi connectivity index (χ1n) is 6.65. The predicted octanol–water partition coefficient (Wildman–Crippen LogP) is 3.56. The summed E-state index contributed by atoms with van der Waals surface area (Å²) in [6, 6.07) is 9.99. The number of hydrogen-bond donors (Lipinski definition) is 2. The Morgan fingerprint density at radius 1 is 1.28 bits per heavy atom. The van der Waals surface area contributed by atoms with Crippen LogP contribution in [0, 0.1) is 0 Å². The Labute approximate surface area is 107 Å². The molecule has 1 saturated carbocycles. The van der Waals surface area contributed by atoms with E-state index >= 15 is 0 Å². The van der Waals surface area contributed by atoms with E-state index < -0.39 is 0 Å². The molecule has 0 atom stereocenters. The molecule has 94 valence electrons. The van der Waals surface area contributed by atoms with E-state index in [9.17, 15) is 0 Å². The quantitative estimate of drug-likeness (QED) is 0.808. The molecule has 1 aliphatic carbocycles. The molecule has 3 heteroatoms. The average Bonchev–Trinajstić information content (AvgIpc) is 2.34. The second kappa shape index (κ2) is 4.16. The van der Waals surface area contributed by atoms with E-state index in [1.165, 1.54) is 19.3 Å². The predicted molar refractivity (Wildman–Crippen MR) is 76.7 cm³/mol. The highest BCUT2D eigenvalue weighted by atomic mass is 15.1. The molecule has 3 N–H and O–H groups in total. The van der Waals surface area contributed by atoms with Crippen LogP contribution in [0.5, 0.6) is 0 Å². The molecule has 2 aromatic rings. The number of pyridine rings is 1. The normalized spacial score (nSPS) is 17.4. The van der Waals surface area contributed by atoms with Gasteiger partial charge in [0, 0.05) is 16.6 Å². The molecule has 0 spiro atoms. The summed E-state index contributed by atoms with van der Waals surface area (Å²) in [7, 11) is 0. The van der Waals surface area contributed by atoms with Crippen molar-refractivity contribution in [2.24, 2.45) is 0 Å². The molecule has 1 fully saturated rings. The first kappa shape index (κ1) is 11.3. The van der Waals surface area contributed by atoms with Crippen LogP contribution >= 0.6 is 0 Å². The van der Waals surface area contributed by atoms with E-state index in [4.69, 9.17) is 5.73 Å². The highest BCUT2D eigenvalue weighted by Crippen LogP contribution is 2.37. The van der Waals surface area contributed by atoms with E-state index in [2.05, 4.69) is 29.4 Å². The topological polar surface area (TPSA) is 50.9 Å². The Kier molecular flexibility index (Phi) is 2.62. The summed E-state index contributed by atoms with van der Waals surface area (Å²) in [5.41, 5.74) is 7.84. The SMILES string of the molecule is CCC1(Nc2ccc3cc(N)ccc3n2)CCC1. The van der Waals surface area contributed by atoms with Crippen molar-refractivity contribution in [3.63, 3.8) is 0 Å². The van der Waals surface area contributed by atoms with Crippen molar-refractivity contribution in [3.8, 4) is 0 Å². The van der Waals surface area contributed by atoms with Crippen molar-refractivity contribution in [2.45, 2.75) is 38.1 Å². The number of nitrogens with one attached hydrogen (secondary N) is 1. The maximum Gasteiger partial charge on any atom is 0.127 e. The molecule has 3 nitrogen and oxygen atoms in total. The standard InChI is InChI=1S/C15H19N3/c1-2-15(8-3-9-15)18-14-7-4-11-10-12(16)5-6-13(11)17-14/h4-7,10H,2-3,8-9,16H2,1H3,(H,17,18). The third-order valence-corrected chi connectivity index (χ3v) is 4.09. The van der Waals surface area contributed by atoms with Gasteiger partial charge in [0.1, 0.15) is 5.82 Å².